The summed E-state index contributed by atoms with van der Waals surface area (Å²) in [5, 5.41) is 0. The maximum atomic E-state index is 2.51. The van der Waals surface area contributed by atoms with Crippen LogP contribution in [0.25, 0.3) is 0 Å². The number of hydrogen-bond acceptors (Lipinski definition) is 0. The fourth-order valence-electron chi connectivity index (χ4n) is 4.71. The average molecular weight is 277 g/mol. The molecule has 0 spiro atoms. The van der Waals surface area contributed by atoms with Crippen molar-refractivity contribution in [3.63, 3.8) is 0 Å². The average Bonchev–Trinajstić information content (AvgIpc) is 2.72. The van der Waals surface area contributed by atoms with Gasteiger partial charge in [-0.25, -0.2) is 0 Å². The van der Waals surface area contributed by atoms with Crippen molar-refractivity contribution in [1.29, 1.82) is 0 Å². The Labute approximate surface area is 127 Å². The highest BCUT2D eigenvalue weighted by Crippen LogP contribution is 2.41. The summed E-state index contributed by atoms with van der Waals surface area (Å²) in [6.07, 6.45) is 22.6. The van der Waals surface area contributed by atoms with E-state index in [0.717, 1.165) is 23.7 Å². The zero-order chi connectivity index (χ0) is 14.2. The van der Waals surface area contributed by atoms with E-state index in [1.807, 2.05) is 0 Å². The molecule has 0 bridgehead atoms. The van der Waals surface area contributed by atoms with Crippen molar-refractivity contribution in [2.45, 2.75) is 90.9 Å². The van der Waals surface area contributed by atoms with E-state index in [9.17, 15) is 0 Å². The second-order valence-corrected chi connectivity index (χ2v) is 7.43. The molecule has 0 amide bonds. The molecule has 2 unspecified atom stereocenters. The molecule has 0 N–H and O–H groups in total. The first-order valence-corrected chi connectivity index (χ1v) is 9.50. The predicted octanol–water partition coefficient (Wildman–Crippen LogP) is 6.76. The number of hydrogen-bond donors (Lipinski definition) is 0. The molecule has 0 heteroatoms. The standard InChI is InChI=1S/C20H36/c1-3-5-8-18-9-6-10-19(14-13-18)20-15-11-17(7-4-2)12-16-20/h5,8,17-20H,3-4,6-7,9-16H2,1-2H3. The second kappa shape index (κ2) is 8.90. The first-order chi connectivity index (χ1) is 9.83. The van der Waals surface area contributed by atoms with Crippen molar-refractivity contribution < 1.29 is 0 Å². The molecule has 2 rings (SSSR count). The van der Waals surface area contributed by atoms with Gasteiger partial charge in [0, 0.05) is 0 Å². The number of rotatable bonds is 5. The maximum Gasteiger partial charge on any atom is -0.0233 e. The van der Waals surface area contributed by atoms with Crippen LogP contribution in [0.15, 0.2) is 12.2 Å². The SMILES string of the molecule is CCC=CC1CCCC(C2CCC(CCC)CC2)CC1. The smallest absolute Gasteiger partial charge is 0.0233 e. The lowest BCUT2D eigenvalue weighted by atomic mass is 9.72. The van der Waals surface area contributed by atoms with Gasteiger partial charge in [-0.3, -0.25) is 0 Å². The molecular formula is C20H36. The molecule has 116 valence electrons. The van der Waals surface area contributed by atoms with E-state index in [2.05, 4.69) is 26.0 Å². The Hall–Kier alpha value is -0.260. The molecular weight excluding hydrogens is 240 g/mol. The third kappa shape index (κ3) is 4.93. The van der Waals surface area contributed by atoms with Crippen LogP contribution in [0.1, 0.15) is 90.9 Å². The normalized spacial score (nSPS) is 36.1. The van der Waals surface area contributed by atoms with Gasteiger partial charge in [-0.15, -0.1) is 0 Å². The Morgan fingerprint density at radius 2 is 1.50 bits per heavy atom. The van der Waals surface area contributed by atoms with Gasteiger partial charge >= 0.3 is 0 Å². The van der Waals surface area contributed by atoms with Gasteiger partial charge in [0.05, 0.1) is 0 Å². The molecule has 0 aromatic carbocycles. The van der Waals surface area contributed by atoms with E-state index >= 15 is 0 Å². The Morgan fingerprint density at radius 1 is 0.800 bits per heavy atom. The zero-order valence-electron chi connectivity index (χ0n) is 13.9. The van der Waals surface area contributed by atoms with Gasteiger partial charge in [0.1, 0.15) is 0 Å². The van der Waals surface area contributed by atoms with Crippen LogP contribution < -0.4 is 0 Å². The molecule has 0 aliphatic heterocycles. The lowest BCUT2D eigenvalue weighted by molar-refractivity contribution is 0.183. The van der Waals surface area contributed by atoms with Gasteiger partial charge in [-0.1, -0.05) is 64.5 Å². The van der Waals surface area contributed by atoms with Crippen LogP contribution in [-0.2, 0) is 0 Å². The fraction of sp³-hybridized carbons (Fsp3) is 0.900. The predicted molar refractivity (Wildman–Crippen MR) is 89.9 cm³/mol. The summed E-state index contributed by atoms with van der Waals surface area (Å²) < 4.78 is 0. The maximum absolute atomic E-state index is 2.51. The molecule has 20 heavy (non-hydrogen) atoms. The Bertz CT molecular complexity index is 270. The molecule has 0 nitrogen and oxygen atoms in total. The lowest BCUT2D eigenvalue weighted by Crippen LogP contribution is -2.21. The van der Waals surface area contributed by atoms with E-state index in [0.29, 0.717) is 0 Å². The van der Waals surface area contributed by atoms with Crippen LogP contribution in [0.3, 0.4) is 0 Å². The molecule has 2 atom stereocenters. The molecule has 2 aliphatic rings. The minimum Gasteiger partial charge on any atom is -0.0885 e. The van der Waals surface area contributed by atoms with Crippen LogP contribution in [0.2, 0.25) is 0 Å². The van der Waals surface area contributed by atoms with E-state index < -0.39 is 0 Å². The number of allylic oxidation sites excluding steroid dienone is 2. The first-order valence-electron chi connectivity index (χ1n) is 9.50. The highest BCUT2D eigenvalue weighted by molar-refractivity contribution is 4.90. The van der Waals surface area contributed by atoms with Crippen molar-refractivity contribution in [2.75, 3.05) is 0 Å². The summed E-state index contributed by atoms with van der Waals surface area (Å²) in [6.45, 7) is 4.60. The highest BCUT2D eigenvalue weighted by atomic mass is 14.3. The summed E-state index contributed by atoms with van der Waals surface area (Å²) in [6, 6.07) is 0. The third-order valence-electron chi connectivity index (χ3n) is 5.96. The van der Waals surface area contributed by atoms with Crippen LogP contribution in [-0.4, -0.2) is 0 Å². The summed E-state index contributed by atoms with van der Waals surface area (Å²) in [5.41, 5.74) is 0. The minimum atomic E-state index is 0.899. The van der Waals surface area contributed by atoms with Gasteiger partial charge in [-0.2, -0.15) is 0 Å². The first kappa shape index (κ1) is 16.1. The Morgan fingerprint density at radius 3 is 2.20 bits per heavy atom. The Balaban J connectivity index is 1.75. The van der Waals surface area contributed by atoms with E-state index in [1.165, 1.54) is 64.2 Å². The highest BCUT2D eigenvalue weighted by Gasteiger charge is 2.28. The van der Waals surface area contributed by atoms with Crippen molar-refractivity contribution in [1.82, 2.24) is 0 Å². The summed E-state index contributed by atoms with van der Waals surface area (Å²) in [5.74, 6) is 4.12. The van der Waals surface area contributed by atoms with E-state index in [4.69, 9.17) is 0 Å². The fourth-order valence-corrected chi connectivity index (χ4v) is 4.71. The van der Waals surface area contributed by atoms with Crippen LogP contribution in [0.4, 0.5) is 0 Å². The van der Waals surface area contributed by atoms with Crippen LogP contribution in [0, 0.1) is 23.7 Å². The second-order valence-electron chi connectivity index (χ2n) is 7.43. The summed E-state index contributed by atoms with van der Waals surface area (Å²) in [4.78, 5) is 0. The van der Waals surface area contributed by atoms with Crippen molar-refractivity contribution in [3.8, 4) is 0 Å². The molecule has 0 heterocycles. The van der Waals surface area contributed by atoms with Crippen molar-refractivity contribution in [2.24, 2.45) is 23.7 Å². The summed E-state index contributed by atoms with van der Waals surface area (Å²) >= 11 is 0. The zero-order valence-corrected chi connectivity index (χ0v) is 13.9. The quantitative estimate of drug-likeness (QED) is 0.384. The van der Waals surface area contributed by atoms with Gasteiger partial charge in [0.15, 0.2) is 0 Å². The largest absolute Gasteiger partial charge is 0.0885 e. The Kier molecular flexibility index (Phi) is 7.17. The van der Waals surface area contributed by atoms with Gasteiger partial charge in [-0.05, 0) is 62.2 Å². The molecule has 0 aromatic heterocycles. The topological polar surface area (TPSA) is 0 Å². The molecule has 0 aromatic rings. The molecule has 2 fully saturated rings. The van der Waals surface area contributed by atoms with Crippen molar-refractivity contribution in [3.05, 3.63) is 12.2 Å². The molecule has 0 saturated heterocycles. The van der Waals surface area contributed by atoms with Gasteiger partial charge < -0.3 is 0 Å². The molecule has 2 saturated carbocycles. The van der Waals surface area contributed by atoms with Crippen molar-refractivity contribution >= 4 is 0 Å². The van der Waals surface area contributed by atoms with E-state index in [-0.39, 0.29) is 0 Å². The minimum absolute atomic E-state index is 0.899. The van der Waals surface area contributed by atoms with Gasteiger partial charge in [0.25, 0.3) is 0 Å². The summed E-state index contributed by atoms with van der Waals surface area (Å²) in [7, 11) is 0. The van der Waals surface area contributed by atoms with Crippen LogP contribution >= 0.6 is 0 Å². The third-order valence-corrected chi connectivity index (χ3v) is 5.96. The lowest BCUT2D eigenvalue weighted by Gasteiger charge is -2.33. The molecule has 2 aliphatic carbocycles. The molecule has 0 radical (unpaired) electrons. The van der Waals surface area contributed by atoms with E-state index in [1.54, 1.807) is 12.8 Å². The van der Waals surface area contributed by atoms with Gasteiger partial charge in [0.2, 0.25) is 0 Å². The van der Waals surface area contributed by atoms with Crippen LogP contribution in [0.5, 0.6) is 0 Å². The monoisotopic (exact) mass is 276 g/mol.